The molecular weight excluding hydrogens is 321 g/mol. The van der Waals surface area contributed by atoms with Crippen molar-refractivity contribution in [1.29, 1.82) is 0 Å². The second kappa shape index (κ2) is 7.23. The molecule has 3 rings (SSSR count). The highest BCUT2D eigenvalue weighted by molar-refractivity contribution is 5.82. The van der Waals surface area contributed by atoms with Gasteiger partial charge < -0.3 is 14.7 Å². The first-order chi connectivity index (χ1) is 12.0. The Labute approximate surface area is 146 Å². The Balaban J connectivity index is 1.82. The third-order valence-corrected chi connectivity index (χ3v) is 4.69. The maximum Gasteiger partial charge on any atom is 0.256 e. The lowest BCUT2D eigenvalue weighted by atomic mass is 9.99. The first-order valence-electron chi connectivity index (χ1n) is 8.35. The number of aliphatic hydroxyl groups is 1. The van der Waals surface area contributed by atoms with Gasteiger partial charge in [-0.25, -0.2) is 4.39 Å². The number of methoxy groups -OCH3 is 1. The number of likely N-dealkylation sites (N-methyl/N-ethyl adjacent to an activating group) is 1. The minimum Gasteiger partial charge on any atom is -0.497 e. The number of carbonyl (C=O) groups excluding carboxylic acids is 1. The number of halogens is 1. The molecule has 1 saturated carbocycles. The largest absolute Gasteiger partial charge is 0.497 e. The van der Waals surface area contributed by atoms with Crippen LogP contribution >= 0.6 is 0 Å². The normalized spacial score (nSPS) is 16.2. The van der Waals surface area contributed by atoms with Gasteiger partial charge in [-0.3, -0.25) is 4.79 Å². The van der Waals surface area contributed by atoms with Gasteiger partial charge in [0.1, 0.15) is 11.6 Å². The van der Waals surface area contributed by atoms with E-state index in [0.717, 1.165) is 18.4 Å². The zero-order valence-electron chi connectivity index (χ0n) is 14.4. The maximum absolute atomic E-state index is 13.2. The minimum absolute atomic E-state index is 0.159. The Bertz CT molecular complexity index is 743. The lowest BCUT2D eigenvalue weighted by Crippen LogP contribution is -2.36. The summed E-state index contributed by atoms with van der Waals surface area (Å²) in [7, 11) is 3.23. The predicted octanol–water partition coefficient (Wildman–Crippen LogP) is 3.48. The summed E-state index contributed by atoms with van der Waals surface area (Å²) in [6.07, 6.45) is 0.783. The van der Waals surface area contributed by atoms with E-state index in [2.05, 4.69) is 0 Å². The summed E-state index contributed by atoms with van der Waals surface area (Å²) in [5.41, 5.74) is 1.38. The van der Waals surface area contributed by atoms with Gasteiger partial charge in [0.05, 0.1) is 13.2 Å². The Morgan fingerprint density at radius 2 is 1.88 bits per heavy atom. The zero-order chi connectivity index (χ0) is 18.0. The molecular formula is C20H22FNO3. The fourth-order valence-corrected chi connectivity index (χ4v) is 3.17. The van der Waals surface area contributed by atoms with Gasteiger partial charge in [-0.05, 0) is 54.2 Å². The van der Waals surface area contributed by atoms with Crippen LogP contribution in [-0.4, -0.2) is 30.1 Å². The minimum atomic E-state index is -1.26. The SMILES string of the molecule is COc1cccc(C(O)C(=O)N(C)C(c2ccc(F)cc2)C2CC2)c1. The molecule has 1 aliphatic rings. The van der Waals surface area contributed by atoms with E-state index in [1.165, 1.54) is 19.2 Å². The monoisotopic (exact) mass is 343 g/mol. The van der Waals surface area contributed by atoms with E-state index >= 15 is 0 Å². The molecule has 5 heteroatoms. The van der Waals surface area contributed by atoms with E-state index < -0.39 is 6.10 Å². The molecule has 0 radical (unpaired) electrons. The number of ether oxygens (including phenoxy) is 1. The van der Waals surface area contributed by atoms with Crippen LogP contribution in [0.2, 0.25) is 0 Å². The number of hydrogen-bond acceptors (Lipinski definition) is 3. The molecule has 0 aliphatic heterocycles. The lowest BCUT2D eigenvalue weighted by Gasteiger charge is -2.30. The molecule has 4 nitrogen and oxygen atoms in total. The van der Waals surface area contributed by atoms with E-state index in [0.29, 0.717) is 17.2 Å². The van der Waals surface area contributed by atoms with E-state index in [9.17, 15) is 14.3 Å². The second-order valence-electron chi connectivity index (χ2n) is 6.46. The van der Waals surface area contributed by atoms with E-state index in [-0.39, 0.29) is 17.8 Å². The van der Waals surface area contributed by atoms with Crippen LogP contribution in [0.1, 0.15) is 36.1 Å². The Hall–Kier alpha value is -2.40. The molecule has 0 bridgehead atoms. The van der Waals surface area contributed by atoms with Crippen molar-refractivity contribution in [2.45, 2.75) is 25.0 Å². The van der Waals surface area contributed by atoms with Crippen molar-refractivity contribution < 1.29 is 19.0 Å². The smallest absolute Gasteiger partial charge is 0.256 e. The van der Waals surface area contributed by atoms with Crippen molar-refractivity contribution in [2.24, 2.45) is 5.92 Å². The molecule has 1 aliphatic carbocycles. The molecule has 2 unspecified atom stereocenters. The van der Waals surface area contributed by atoms with Gasteiger partial charge in [-0.2, -0.15) is 0 Å². The molecule has 0 spiro atoms. The predicted molar refractivity (Wildman–Crippen MR) is 92.6 cm³/mol. The molecule has 0 aromatic heterocycles. The van der Waals surface area contributed by atoms with Gasteiger partial charge in [-0.1, -0.05) is 24.3 Å². The molecule has 1 amide bonds. The maximum atomic E-state index is 13.2. The Morgan fingerprint density at radius 1 is 1.20 bits per heavy atom. The van der Waals surface area contributed by atoms with Gasteiger partial charge >= 0.3 is 0 Å². The Morgan fingerprint density at radius 3 is 2.48 bits per heavy atom. The van der Waals surface area contributed by atoms with Crippen LogP contribution in [0, 0.1) is 11.7 Å². The second-order valence-corrected chi connectivity index (χ2v) is 6.46. The number of amides is 1. The Kier molecular flexibility index (Phi) is 5.04. The van der Waals surface area contributed by atoms with Crippen molar-refractivity contribution in [3.63, 3.8) is 0 Å². The van der Waals surface area contributed by atoms with Crippen molar-refractivity contribution >= 4 is 5.91 Å². The van der Waals surface area contributed by atoms with Crippen LogP contribution in [-0.2, 0) is 4.79 Å². The van der Waals surface area contributed by atoms with Crippen molar-refractivity contribution in [2.75, 3.05) is 14.2 Å². The lowest BCUT2D eigenvalue weighted by molar-refractivity contribution is -0.142. The van der Waals surface area contributed by atoms with Crippen LogP contribution < -0.4 is 4.74 Å². The number of benzene rings is 2. The number of rotatable bonds is 6. The molecule has 0 saturated heterocycles. The summed E-state index contributed by atoms with van der Waals surface area (Å²) < 4.78 is 18.4. The molecule has 25 heavy (non-hydrogen) atoms. The fraction of sp³-hybridized carbons (Fsp3) is 0.350. The summed E-state index contributed by atoms with van der Waals surface area (Å²) >= 11 is 0. The molecule has 1 N–H and O–H groups in total. The fourth-order valence-electron chi connectivity index (χ4n) is 3.17. The third-order valence-electron chi connectivity index (χ3n) is 4.69. The van der Waals surface area contributed by atoms with Crippen molar-refractivity contribution in [1.82, 2.24) is 4.90 Å². The quantitative estimate of drug-likeness (QED) is 0.874. The third kappa shape index (κ3) is 3.82. The van der Waals surface area contributed by atoms with Gasteiger partial charge in [0.2, 0.25) is 0 Å². The summed E-state index contributed by atoms with van der Waals surface area (Å²) in [6.45, 7) is 0. The standard InChI is InChI=1S/C20H22FNO3/c1-22(18(13-6-7-13)14-8-10-16(21)11-9-14)20(24)19(23)15-4-3-5-17(12-15)25-2/h3-5,8-13,18-19,23H,6-7H2,1-2H3. The summed E-state index contributed by atoms with van der Waals surface area (Å²) in [6, 6.07) is 12.9. The molecule has 2 aromatic rings. The highest BCUT2D eigenvalue weighted by atomic mass is 19.1. The number of hydrogen-bond donors (Lipinski definition) is 1. The molecule has 0 heterocycles. The van der Waals surface area contributed by atoms with Crippen molar-refractivity contribution in [3.8, 4) is 5.75 Å². The zero-order valence-corrected chi connectivity index (χ0v) is 14.4. The van der Waals surface area contributed by atoms with Crippen LogP contribution in [0.5, 0.6) is 5.75 Å². The summed E-state index contributed by atoms with van der Waals surface area (Å²) in [5, 5.41) is 10.5. The van der Waals surface area contributed by atoms with Crippen LogP contribution in [0.25, 0.3) is 0 Å². The van der Waals surface area contributed by atoms with Crippen LogP contribution in [0.4, 0.5) is 4.39 Å². The van der Waals surface area contributed by atoms with Crippen LogP contribution in [0.3, 0.4) is 0 Å². The highest BCUT2D eigenvalue weighted by Gasteiger charge is 2.38. The summed E-state index contributed by atoms with van der Waals surface area (Å²) in [4.78, 5) is 14.4. The average Bonchev–Trinajstić information content (AvgIpc) is 3.47. The number of nitrogens with zero attached hydrogens (tertiary/aromatic N) is 1. The van der Waals surface area contributed by atoms with Gasteiger partial charge in [-0.15, -0.1) is 0 Å². The van der Waals surface area contributed by atoms with E-state index in [1.54, 1.807) is 48.3 Å². The molecule has 1 fully saturated rings. The average molecular weight is 343 g/mol. The summed E-state index contributed by atoms with van der Waals surface area (Å²) in [5.74, 6) is 0.249. The molecule has 2 aromatic carbocycles. The van der Waals surface area contributed by atoms with E-state index in [1.807, 2.05) is 0 Å². The first kappa shape index (κ1) is 17.4. The van der Waals surface area contributed by atoms with E-state index in [4.69, 9.17) is 4.74 Å². The van der Waals surface area contributed by atoms with Crippen LogP contribution in [0.15, 0.2) is 48.5 Å². The van der Waals surface area contributed by atoms with Gasteiger partial charge in [0, 0.05) is 7.05 Å². The molecule has 2 atom stereocenters. The topological polar surface area (TPSA) is 49.8 Å². The highest BCUT2D eigenvalue weighted by Crippen LogP contribution is 2.44. The van der Waals surface area contributed by atoms with Gasteiger partial charge in [0.25, 0.3) is 5.91 Å². The molecule has 132 valence electrons. The van der Waals surface area contributed by atoms with Crippen molar-refractivity contribution in [3.05, 3.63) is 65.5 Å². The first-order valence-corrected chi connectivity index (χ1v) is 8.35. The van der Waals surface area contributed by atoms with Gasteiger partial charge in [0.15, 0.2) is 6.10 Å². The number of carbonyl (C=O) groups is 1. The number of aliphatic hydroxyl groups excluding tert-OH is 1.